The van der Waals surface area contributed by atoms with Crippen molar-refractivity contribution in [1.29, 1.82) is 0 Å². The molecule has 0 aromatic heterocycles. The molecule has 0 bridgehead atoms. The minimum atomic E-state index is -0.666. The van der Waals surface area contributed by atoms with Gasteiger partial charge in [-0.3, -0.25) is 9.59 Å². The second kappa shape index (κ2) is 34.4. The molecule has 186 valence electrons. The maximum absolute atomic E-state index is 10.1. The molecule has 0 amide bonds. The van der Waals surface area contributed by atoms with E-state index in [9.17, 15) is 9.59 Å². The number of rotatable bonds is 20. The van der Waals surface area contributed by atoms with Crippen LogP contribution >= 0.6 is 0 Å². The summed E-state index contributed by atoms with van der Waals surface area (Å²) >= 11 is 0.149. The molecule has 0 aromatic rings. The number of hydrogen-bond donors (Lipinski definition) is 2. The molecule has 0 aliphatic heterocycles. The van der Waals surface area contributed by atoms with E-state index >= 15 is 0 Å². The van der Waals surface area contributed by atoms with E-state index in [2.05, 4.69) is 27.7 Å². The summed E-state index contributed by atoms with van der Waals surface area (Å²) in [6.07, 6.45) is 20.3. The summed E-state index contributed by atoms with van der Waals surface area (Å²) in [5.41, 5.74) is 0. The zero-order chi connectivity index (χ0) is 24.0. The van der Waals surface area contributed by atoms with E-state index < -0.39 is 11.9 Å². The number of carboxylic acids is 2. The fourth-order valence-corrected chi connectivity index (χ4v) is 7.00. The minimum absolute atomic E-state index is 0.149. The Morgan fingerprint density at radius 3 is 1.06 bits per heavy atom. The van der Waals surface area contributed by atoms with Gasteiger partial charge in [0.25, 0.3) is 0 Å². The third-order valence-corrected chi connectivity index (χ3v) is 8.94. The molecule has 5 heteroatoms. The van der Waals surface area contributed by atoms with Crippen LogP contribution in [0.4, 0.5) is 0 Å². The van der Waals surface area contributed by atoms with Crippen molar-refractivity contribution < 1.29 is 19.8 Å². The molecule has 31 heavy (non-hydrogen) atoms. The van der Waals surface area contributed by atoms with Gasteiger partial charge in [0.05, 0.1) is 0 Å². The number of unbranched alkanes of at least 4 members (excludes halogenated alkanes) is 12. The van der Waals surface area contributed by atoms with Crippen LogP contribution in [0.1, 0.15) is 143 Å². The van der Waals surface area contributed by atoms with Crippen molar-refractivity contribution in [2.45, 2.75) is 152 Å². The van der Waals surface area contributed by atoms with Crippen molar-refractivity contribution in [2.75, 3.05) is 0 Å². The van der Waals surface area contributed by atoms with Gasteiger partial charge < -0.3 is 10.2 Å². The van der Waals surface area contributed by atoms with E-state index in [1.54, 1.807) is 8.87 Å². The molecular weight excluding hydrogens is 495 g/mol. The van der Waals surface area contributed by atoms with Crippen molar-refractivity contribution in [3.8, 4) is 0 Å². The van der Waals surface area contributed by atoms with E-state index in [0.29, 0.717) is 12.8 Å². The second-order valence-electron chi connectivity index (χ2n) is 8.28. The van der Waals surface area contributed by atoms with Gasteiger partial charge in [-0.15, -0.1) is 0 Å². The van der Waals surface area contributed by atoms with Gasteiger partial charge in [-0.25, -0.2) is 0 Å². The molecule has 4 nitrogen and oxygen atoms in total. The zero-order valence-electron chi connectivity index (χ0n) is 21.4. The number of carboxylic acid groups (broad SMARTS) is 2. The van der Waals surface area contributed by atoms with E-state index in [0.717, 1.165) is 25.7 Å². The molecule has 0 atom stereocenters. The Morgan fingerprint density at radius 1 is 0.484 bits per heavy atom. The molecular formula is C26H54O4Sn. The molecule has 0 heterocycles. The van der Waals surface area contributed by atoms with Gasteiger partial charge in [-0.1, -0.05) is 78.1 Å². The topological polar surface area (TPSA) is 74.6 Å². The Bertz CT molecular complexity index is 316. The summed E-state index contributed by atoms with van der Waals surface area (Å²) < 4.78 is 3.25. The fourth-order valence-electron chi connectivity index (χ4n) is 2.84. The van der Waals surface area contributed by atoms with Crippen molar-refractivity contribution in [3.63, 3.8) is 0 Å². The third-order valence-electron chi connectivity index (χ3n) is 4.90. The first-order chi connectivity index (χ1) is 15.0. The molecule has 0 unspecified atom stereocenters. The van der Waals surface area contributed by atoms with E-state index in [1.165, 1.54) is 77.0 Å². The van der Waals surface area contributed by atoms with Gasteiger partial charge in [0.15, 0.2) is 0 Å². The Labute approximate surface area is 204 Å². The van der Waals surface area contributed by atoms with Crippen LogP contribution in [-0.4, -0.2) is 43.3 Å². The molecule has 0 saturated heterocycles. The van der Waals surface area contributed by atoms with Gasteiger partial charge >= 0.3 is 81.5 Å². The van der Waals surface area contributed by atoms with Gasteiger partial charge in [-0.05, 0) is 12.8 Å². The molecule has 2 N–H and O–H groups in total. The van der Waals surface area contributed by atoms with E-state index in [-0.39, 0.29) is 21.1 Å². The second-order valence-corrected chi connectivity index (χ2v) is 12.6. The molecule has 0 rings (SSSR count). The van der Waals surface area contributed by atoms with E-state index in [4.69, 9.17) is 10.2 Å². The van der Waals surface area contributed by atoms with Gasteiger partial charge in [0.2, 0.25) is 0 Å². The van der Waals surface area contributed by atoms with Gasteiger partial charge in [0, 0.05) is 12.8 Å². The predicted molar refractivity (Wildman–Crippen MR) is 136 cm³/mol. The van der Waals surface area contributed by atoms with Crippen molar-refractivity contribution >= 4 is 33.1 Å². The number of hydrogen-bond acceptors (Lipinski definition) is 2. The van der Waals surface area contributed by atoms with Crippen LogP contribution in [0.3, 0.4) is 0 Å². The van der Waals surface area contributed by atoms with E-state index in [1.807, 2.05) is 0 Å². The third kappa shape index (κ3) is 48.4. The number of aliphatic carboxylic acids is 2. The summed E-state index contributed by atoms with van der Waals surface area (Å²) in [6.45, 7) is 8.94. The first kappa shape index (κ1) is 35.3. The summed E-state index contributed by atoms with van der Waals surface area (Å²) in [5, 5.41) is 16.6. The maximum atomic E-state index is 10.1. The van der Waals surface area contributed by atoms with Gasteiger partial charge in [-0.2, -0.15) is 0 Å². The quantitative estimate of drug-likeness (QED) is 0.118. The summed E-state index contributed by atoms with van der Waals surface area (Å²) in [4.78, 5) is 20.2. The SMILES string of the molecule is CCCCCCCCC(=O)O.CCCCCCCCC(=O)O.CCC[CH2][Sn][CH2]CCC. The standard InChI is InChI=1S/2C9H18O2.2C4H9.Sn/c2*1-2-3-4-5-6-7-8-9(10)11;2*1-3-4-2;/h2*2-8H2,1H3,(H,10,11);2*1,3-4H2,2H3;. The fraction of sp³-hybridized carbons (Fsp3) is 0.923. The van der Waals surface area contributed by atoms with Crippen LogP contribution in [-0.2, 0) is 9.59 Å². The van der Waals surface area contributed by atoms with Crippen LogP contribution in [0.5, 0.6) is 0 Å². The molecule has 0 aliphatic rings. The van der Waals surface area contributed by atoms with Crippen LogP contribution in [0.2, 0.25) is 8.87 Å². The van der Waals surface area contributed by atoms with Gasteiger partial charge in [0.1, 0.15) is 0 Å². The van der Waals surface area contributed by atoms with Crippen LogP contribution in [0.15, 0.2) is 0 Å². The summed E-state index contributed by atoms with van der Waals surface area (Å²) in [7, 11) is 0. The Balaban J connectivity index is -0.000000382. The van der Waals surface area contributed by atoms with Crippen molar-refractivity contribution in [2.24, 2.45) is 0 Å². The average molecular weight is 549 g/mol. The Hall–Kier alpha value is -0.261. The Morgan fingerprint density at radius 2 is 0.774 bits per heavy atom. The Kier molecular flexibility index (Phi) is 39.2. The first-order valence-electron chi connectivity index (χ1n) is 13.1. The average Bonchev–Trinajstić information content (AvgIpc) is 2.74. The van der Waals surface area contributed by atoms with Crippen LogP contribution < -0.4 is 0 Å². The molecule has 2 radical (unpaired) electrons. The summed E-state index contributed by atoms with van der Waals surface area (Å²) in [6, 6.07) is 0. The zero-order valence-corrected chi connectivity index (χ0v) is 24.2. The molecule has 0 aromatic carbocycles. The summed E-state index contributed by atoms with van der Waals surface area (Å²) in [5.74, 6) is -1.33. The van der Waals surface area contributed by atoms with Crippen LogP contribution in [0, 0.1) is 0 Å². The molecule has 0 saturated carbocycles. The van der Waals surface area contributed by atoms with Crippen molar-refractivity contribution in [3.05, 3.63) is 0 Å². The monoisotopic (exact) mass is 550 g/mol. The van der Waals surface area contributed by atoms with Crippen LogP contribution in [0.25, 0.3) is 0 Å². The molecule has 0 aliphatic carbocycles. The molecule has 0 fully saturated rings. The number of carbonyl (C=O) groups is 2. The molecule has 0 spiro atoms. The van der Waals surface area contributed by atoms with Crippen molar-refractivity contribution in [1.82, 2.24) is 0 Å². The predicted octanol–water partition coefficient (Wildman–Crippen LogP) is 8.77. The first-order valence-corrected chi connectivity index (χ1v) is 17.1. The normalized spacial score (nSPS) is 9.94.